The Bertz CT molecular complexity index is 656. The Balaban J connectivity index is 2.06. The Labute approximate surface area is 126 Å². The van der Waals surface area contributed by atoms with Crippen molar-refractivity contribution in [2.45, 2.75) is 6.92 Å². The van der Waals surface area contributed by atoms with Crippen LogP contribution in [0.15, 0.2) is 42.6 Å². The molecule has 0 atom stereocenters. The van der Waals surface area contributed by atoms with Crippen LogP contribution in [0.4, 0.5) is 5.69 Å². The first kappa shape index (κ1) is 15.0. The molecule has 1 heterocycles. The summed E-state index contributed by atoms with van der Waals surface area (Å²) in [5, 5.41) is 2.96. The fourth-order valence-corrected chi connectivity index (χ4v) is 1.82. The molecular formula is C15H13ClN2O3. The zero-order chi connectivity index (χ0) is 15.2. The number of benzene rings is 1. The molecule has 2 aromatic rings. The average molecular weight is 305 g/mol. The summed E-state index contributed by atoms with van der Waals surface area (Å²) in [5.74, 6) is -0.695. The van der Waals surface area contributed by atoms with Gasteiger partial charge in [0.15, 0.2) is 0 Å². The lowest BCUT2D eigenvalue weighted by atomic mass is 10.2. The average Bonchev–Trinajstić information content (AvgIpc) is 2.48. The summed E-state index contributed by atoms with van der Waals surface area (Å²) >= 11 is 5.73. The molecule has 1 N–H and O–H groups in total. The Morgan fingerprint density at radius 3 is 2.52 bits per heavy atom. The third-order valence-electron chi connectivity index (χ3n) is 2.64. The highest BCUT2D eigenvalue weighted by molar-refractivity contribution is 6.29. The minimum atomic E-state index is -0.392. The molecule has 0 aliphatic carbocycles. The quantitative estimate of drug-likeness (QED) is 0.696. The smallest absolute Gasteiger partial charge is 0.338 e. The van der Waals surface area contributed by atoms with Crippen LogP contribution >= 0.6 is 11.6 Å². The topological polar surface area (TPSA) is 68.3 Å². The maximum absolute atomic E-state index is 12.0. The van der Waals surface area contributed by atoms with Crippen LogP contribution in [0.2, 0.25) is 5.15 Å². The van der Waals surface area contributed by atoms with Gasteiger partial charge in [-0.25, -0.2) is 9.78 Å². The molecule has 108 valence electrons. The standard InChI is InChI=1S/C15H13ClN2O3/c1-2-21-15(20)10-3-5-12(6-4-10)18-14(19)11-7-8-17-13(16)9-11/h3-9H,2H2,1H3,(H,18,19). The van der Waals surface area contributed by atoms with Gasteiger partial charge in [0.25, 0.3) is 5.91 Å². The van der Waals surface area contributed by atoms with E-state index >= 15 is 0 Å². The zero-order valence-electron chi connectivity index (χ0n) is 11.3. The molecule has 21 heavy (non-hydrogen) atoms. The van der Waals surface area contributed by atoms with Crippen molar-refractivity contribution < 1.29 is 14.3 Å². The number of carbonyl (C=O) groups is 2. The highest BCUT2D eigenvalue weighted by atomic mass is 35.5. The van der Waals surface area contributed by atoms with E-state index in [9.17, 15) is 9.59 Å². The van der Waals surface area contributed by atoms with Gasteiger partial charge in [0, 0.05) is 17.4 Å². The van der Waals surface area contributed by atoms with Gasteiger partial charge >= 0.3 is 5.97 Å². The molecule has 0 spiro atoms. The van der Waals surface area contributed by atoms with E-state index in [0.717, 1.165) is 0 Å². The number of halogens is 1. The Morgan fingerprint density at radius 1 is 1.19 bits per heavy atom. The summed E-state index contributed by atoms with van der Waals surface area (Å²) in [5.41, 5.74) is 1.41. The lowest BCUT2D eigenvalue weighted by Gasteiger charge is -2.06. The maximum atomic E-state index is 12.0. The van der Waals surface area contributed by atoms with Gasteiger partial charge < -0.3 is 10.1 Å². The Morgan fingerprint density at radius 2 is 1.90 bits per heavy atom. The van der Waals surface area contributed by atoms with Gasteiger partial charge in [-0.15, -0.1) is 0 Å². The zero-order valence-corrected chi connectivity index (χ0v) is 12.1. The number of hydrogen-bond donors (Lipinski definition) is 1. The first-order valence-electron chi connectivity index (χ1n) is 6.30. The van der Waals surface area contributed by atoms with Crippen LogP contribution in [0, 0.1) is 0 Å². The highest BCUT2D eigenvalue weighted by Gasteiger charge is 2.09. The second kappa shape index (κ2) is 6.85. The minimum Gasteiger partial charge on any atom is -0.462 e. The largest absolute Gasteiger partial charge is 0.462 e. The van der Waals surface area contributed by atoms with Crippen molar-refractivity contribution >= 4 is 29.2 Å². The first-order chi connectivity index (χ1) is 10.1. The second-order valence-corrected chi connectivity index (χ2v) is 4.51. The normalized spacial score (nSPS) is 10.0. The van der Waals surface area contributed by atoms with E-state index in [0.29, 0.717) is 23.4 Å². The summed E-state index contributed by atoms with van der Waals surface area (Å²) in [7, 11) is 0. The van der Waals surface area contributed by atoms with Crippen molar-refractivity contribution in [2.75, 3.05) is 11.9 Å². The van der Waals surface area contributed by atoms with Crippen molar-refractivity contribution in [3.8, 4) is 0 Å². The molecule has 1 amide bonds. The molecule has 0 radical (unpaired) electrons. The summed E-state index contributed by atoms with van der Waals surface area (Å²) in [6.45, 7) is 2.06. The maximum Gasteiger partial charge on any atom is 0.338 e. The first-order valence-corrected chi connectivity index (χ1v) is 6.68. The Kier molecular flexibility index (Phi) is 4.90. The van der Waals surface area contributed by atoms with Crippen molar-refractivity contribution in [1.29, 1.82) is 0 Å². The molecular weight excluding hydrogens is 292 g/mol. The summed E-state index contributed by atoms with van der Waals surface area (Å²) in [6.07, 6.45) is 1.46. The van der Waals surface area contributed by atoms with Gasteiger partial charge in [-0.2, -0.15) is 0 Å². The molecule has 0 saturated heterocycles. The summed E-state index contributed by atoms with van der Waals surface area (Å²) in [4.78, 5) is 27.3. The van der Waals surface area contributed by atoms with E-state index in [4.69, 9.17) is 16.3 Å². The van der Waals surface area contributed by atoms with Crippen LogP contribution in [0.3, 0.4) is 0 Å². The minimum absolute atomic E-state index is 0.250. The molecule has 5 nitrogen and oxygen atoms in total. The summed E-state index contributed by atoms with van der Waals surface area (Å²) < 4.78 is 4.88. The molecule has 0 aliphatic heterocycles. The van der Waals surface area contributed by atoms with E-state index in [1.807, 2.05) is 0 Å². The number of ether oxygens (including phenoxy) is 1. The van der Waals surface area contributed by atoms with Gasteiger partial charge in [0.1, 0.15) is 5.15 Å². The molecule has 0 unspecified atom stereocenters. The predicted octanol–water partition coefficient (Wildman–Crippen LogP) is 3.16. The number of carbonyl (C=O) groups excluding carboxylic acids is 2. The third-order valence-corrected chi connectivity index (χ3v) is 2.85. The Hall–Kier alpha value is -2.40. The van der Waals surface area contributed by atoms with Crippen LogP contribution in [-0.2, 0) is 4.74 Å². The van der Waals surface area contributed by atoms with Gasteiger partial charge in [0.05, 0.1) is 12.2 Å². The monoisotopic (exact) mass is 304 g/mol. The van der Waals surface area contributed by atoms with Gasteiger partial charge in [0.2, 0.25) is 0 Å². The van der Waals surface area contributed by atoms with E-state index in [2.05, 4.69) is 10.3 Å². The molecule has 2 rings (SSSR count). The number of esters is 1. The number of nitrogens with one attached hydrogen (secondary N) is 1. The molecule has 0 bridgehead atoms. The number of rotatable bonds is 4. The molecule has 1 aromatic heterocycles. The predicted molar refractivity (Wildman–Crippen MR) is 79.6 cm³/mol. The number of hydrogen-bond acceptors (Lipinski definition) is 4. The number of nitrogens with zero attached hydrogens (tertiary/aromatic N) is 1. The van der Waals surface area contributed by atoms with Crippen LogP contribution in [0.25, 0.3) is 0 Å². The van der Waals surface area contributed by atoms with E-state index in [1.165, 1.54) is 12.3 Å². The molecule has 0 aliphatic rings. The SMILES string of the molecule is CCOC(=O)c1ccc(NC(=O)c2ccnc(Cl)c2)cc1. The highest BCUT2D eigenvalue weighted by Crippen LogP contribution is 2.13. The lowest BCUT2D eigenvalue weighted by Crippen LogP contribution is -2.12. The molecule has 0 saturated carbocycles. The van der Waals surface area contributed by atoms with E-state index < -0.39 is 5.97 Å². The van der Waals surface area contributed by atoms with Crippen molar-refractivity contribution in [1.82, 2.24) is 4.98 Å². The van der Waals surface area contributed by atoms with Crippen molar-refractivity contribution in [3.05, 3.63) is 58.9 Å². The van der Waals surface area contributed by atoms with E-state index in [-0.39, 0.29) is 11.1 Å². The van der Waals surface area contributed by atoms with Crippen LogP contribution in [0.1, 0.15) is 27.6 Å². The van der Waals surface area contributed by atoms with Crippen LogP contribution in [0.5, 0.6) is 0 Å². The molecule has 1 aromatic carbocycles. The van der Waals surface area contributed by atoms with Crippen molar-refractivity contribution in [3.63, 3.8) is 0 Å². The van der Waals surface area contributed by atoms with Crippen LogP contribution in [-0.4, -0.2) is 23.5 Å². The van der Waals surface area contributed by atoms with Gasteiger partial charge in [-0.05, 0) is 43.3 Å². The lowest BCUT2D eigenvalue weighted by molar-refractivity contribution is 0.0526. The summed E-state index contributed by atoms with van der Waals surface area (Å²) in [6, 6.07) is 9.48. The van der Waals surface area contributed by atoms with Crippen molar-refractivity contribution in [2.24, 2.45) is 0 Å². The van der Waals surface area contributed by atoms with Gasteiger partial charge in [-0.1, -0.05) is 11.6 Å². The fraction of sp³-hybridized carbons (Fsp3) is 0.133. The van der Waals surface area contributed by atoms with Gasteiger partial charge in [-0.3, -0.25) is 4.79 Å². The third kappa shape index (κ3) is 4.03. The van der Waals surface area contributed by atoms with Crippen LogP contribution < -0.4 is 5.32 Å². The second-order valence-electron chi connectivity index (χ2n) is 4.12. The number of aromatic nitrogens is 1. The molecule has 0 fully saturated rings. The fourth-order valence-electron chi connectivity index (χ4n) is 1.65. The number of anilines is 1. The number of amides is 1. The molecule has 6 heteroatoms. The number of pyridine rings is 1. The van der Waals surface area contributed by atoms with E-state index in [1.54, 1.807) is 37.3 Å².